The molecule has 0 spiro atoms. The summed E-state index contributed by atoms with van der Waals surface area (Å²) in [6.07, 6.45) is 6.84. The molecule has 3 N–H and O–H groups in total. The maximum Gasteiger partial charge on any atom is 0.225 e. The van der Waals surface area contributed by atoms with Crippen molar-refractivity contribution in [3.05, 3.63) is 77.6 Å². The molecule has 3 heterocycles. The summed E-state index contributed by atoms with van der Waals surface area (Å²) >= 11 is 0. The lowest BCUT2D eigenvalue weighted by Crippen LogP contribution is -2.35. The Kier molecular flexibility index (Phi) is 7.72. The van der Waals surface area contributed by atoms with Gasteiger partial charge in [-0.3, -0.25) is 10.1 Å². The molecule has 1 aliphatic rings. The van der Waals surface area contributed by atoms with E-state index >= 15 is 0 Å². The van der Waals surface area contributed by atoms with Crippen LogP contribution in [0, 0.1) is 0 Å². The van der Waals surface area contributed by atoms with Gasteiger partial charge in [0.15, 0.2) is 0 Å². The third kappa shape index (κ3) is 5.67. The summed E-state index contributed by atoms with van der Waals surface area (Å²) in [5, 5.41) is 19.9. The number of methoxy groups -OCH3 is 1. The Labute approximate surface area is 181 Å². The number of rotatable bonds is 6. The minimum Gasteiger partial charge on any atom is -0.497 e. The molecule has 1 atom stereocenters. The molecule has 0 fully saturated rings. The Morgan fingerprint density at radius 2 is 1.97 bits per heavy atom. The number of aliphatic imine (C=N–C) groups is 1. The average Bonchev–Trinajstić information content (AvgIpc) is 3.44. The second-order valence-corrected chi connectivity index (χ2v) is 6.76. The topological polar surface area (TPSA) is 112 Å². The van der Waals surface area contributed by atoms with Gasteiger partial charge in [-0.15, -0.1) is 0 Å². The first-order valence-electron chi connectivity index (χ1n) is 9.85. The highest BCUT2D eigenvalue weighted by Crippen LogP contribution is 2.25. The summed E-state index contributed by atoms with van der Waals surface area (Å²) in [7, 11) is 3.50. The number of hydrogen-bond acceptors (Lipinski definition) is 8. The van der Waals surface area contributed by atoms with E-state index in [0.29, 0.717) is 18.1 Å². The fraction of sp³-hybridized carbons (Fsp3) is 0.273. The second-order valence-electron chi connectivity index (χ2n) is 6.76. The SMILES string of the molecule is C=NC1=C(NC)CCN(c2ncc(C(O)c3ccc(OC)cc3)cn2)C1.c1cn[nH]c1. The molecule has 2 aromatic heterocycles. The molecule has 31 heavy (non-hydrogen) atoms. The van der Waals surface area contributed by atoms with Crippen molar-refractivity contribution in [2.45, 2.75) is 12.5 Å². The van der Waals surface area contributed by atoms with Crippen LogP contribution >= 0.6 is 0 Å². The molecule has 0 saturated carbocycles. The van der Waals surface area contributed by atoms with E-state index in [9.17, 15) is 5.11 Å². The normalized spacial score (nSPS) is 14.4. The standard InChI is InChI=1S/C19H23N5O2.C3H4N2/c1-20-16-8-9-24(12-17(16)21-2)19-22-10-14(11-23-19)18(25)13-4-6-15(26-3)7-5-13;1-2-4-5-3-1/h4-7,10-11,18,20,25H,2,8-9,12H2,1,3H3;1-3H,(H,4,5). The van der Waals surface area contributed by atoms with E-state index < -0.39 is 6.10 Å². The number of H-pyrrole nitrogens is 1. The molecule has 4 rings (SSSR count). The highest BCUT2D eigenvalue weighted by molar-refractivity contribution is 5.41. The van der Waals surface area contributed by atoms with Crippen molar-refractivity contribution in [3.63, 3.8) is 0 Å². The molecule has 1 unspecified atom stereocenters. The summed E-state index contributed by atoms with van der Waals surface area (Å²) in [6.45, 7) is 5.05. The minimum atomic E-state index is -0.780. The van der Waals surface area contributed by atoms with Crippen LogP contribution in [-0.4, -0.2) is 59.2 Å². The Hall–Kier alpha value is -3.72. The predicted molar refractivity (Wildman–Crippen MR) is 120 cm³/mol. The Morgan fingerprint density at radius 3 is 2.48 bits per heavy atom. The summed E-state index contributed by atoms with van der Waals surface area (Å²) in [6, 6.07) is 9.12. The predicted octanol–water partition coefficient (Wildman–Crippen LogP) is 2.32. The second kappa shape index (κ2) is 10.9. The number of benzene rings is 1. The molecule has 0 radical (unpaired) electrons. The molecule has 1 aromatic carbocycles. The number of aliphatic hydroxyl groups is 1. The van der Waals surface area contributed by atoms with Gasteiger partial charge in [-0.25, -0.2) is 9.97 Å². The summed E-state index contributed by atoms with van der Waals surface area (Å²) < 4.78 is 5.14. The zero-order chi connectivity index (χ0) is 22.1. The van der Waals surface area contributed by atoms with Crippen molar-refractivity contribution in [1.82, 2.24) is 25.5 Å². The van der Waals surface area contributed by atoms with E-state index in [1.807, 2.05) is 42.3 Å². The zero-order valence-electron chi connectivity index (χ0n) is 17.7. The maximum absolute atomic E-state index is 10.5. The molecule has 3 aromatic rings. The van der Waals surface area contributed by atoms with Crippen molar-refractivity contribution in [2.75, 3.05) is 32.1 Å². The van der Waals surface area contributed by atoms with Gasteiger partial charge in [-0.05, 0) is 30.5 Å². The number of aromatic amines is 1. The third-order valence-corrected chi connectivity index (χ3v) is 4.91. The number of nitrogens with one attached hydrogen (secondary N) is 2. The molecule has 162 valence electrons. The number of aromatic nitrogens is 4. The van der Waals surface area contributed by atoms with Crippen LogP contribution in [0.4, 0.5) is 5.95 Å². The first-order valence-corrected chi connectivity index (χ1v) is 9.85. The fourth-order valence-electron chi connectivity index (χ4n) is 3.16. The van der Waals surface area contributed by atoms with E-state index in [2.05, 4.69) is 37.2 Å². The summed E-state index contributed by atoms with van der Waals surface area (Å²) in [5.74, 6) is 1.37. The highest BCUT2D eigenvalue weighted by Gasteiger charge is 2.20. The van der Waals surface area contributed by atoms with Crippen LogP contribution in [0.3, 0.4) is 0 Å². The van der Waals surface area contributed by atoms with Crippen LogP contribution in [0.25, 0.3) is 0 Å². The van der Waals surface area contributed by atoms with E-state index in [1.54, 1.807) is 31.9 Å². The molecule has 1 aliphatic heterocycles. The molecular weight excluding hydrogens is 394 g/mol. The van der Waals surface area contributed by atoms with Crippen molar-refractivity contribution in [1.29, 1.82) is 0 Å². The van der Waals surface area contributed by atoms with Gasteiger partial charge < -0.3 is 20.1 Å². The molecule has 0 bridgehead atoms. The van der Waals surface area contributed by atoms with Gasteiger partial charge >= 0.3 is 0 Å². The van der Waals surface area contributed by atoms with Gasteiger partial charge in [0, 0.05) is 56.1 Å². The smallest absolute Gasteiger partial charge is 0.225 e. The molecule has 0 aliphatic carbocycles. The van der Waals surface area contributed by atoms with Crippen LogP contribution < -0.4 is 15.0 Å². The number of nitrogens with zero attached hydrogens (tertiary/aromatic N) is 5. The molecule has 9 heteroatoms. The van der Waals surface area contributed by atoms with Crippen molar-refractivity contribution in [2.24, 2.45) is 4.99 Å². The van der Waals surface area contributed by atoms with Gasteiger partial charge in [0.05, 0.1) is 19.4 Å². The molecular formula is C22H27N7O2. The van der Waals surface area contributed by atoms with Crippen LogP contribution in [0.1, 0.15) is 23.7 Å². The highest BCUT2D eigenvalue weighted by atomic mass is 16.5. The summed E-state index contributed by atoms with van der Waals surface area (Å²) in [4.78, 5) is 15.0. The fourth-order valence-corrected chi connectivity index (χ4v) is 3.16. The quantitative estimate of drug-likeness (QED) is 0.524. The lowest BCUT2D eigenvalue weighted by Gasteiger charge is -2.29. The molecule has 9 nitrogen and oxygen atoms in total. The first-order chi connectivity index (χ1) is 15.2. The third-order valence-electron chi connectivity index (χ3n) is 4.91. The summed E-state index contributed by atoms with van der Waals surface area (Å²) in [5.41, 5.74) is 3.41. The van der Waals surface area contributed by atoms with E-state index in [-0.39, 0.29) is 0 Å². The van der Waals surface area contributed by atoms with Crippen LogP contribution in [0.5, 0.6) is 5.75 Å². The van der Waals surface area contributed by atoms with Gasteiger partial charge in [0.2, 0.25) is 5.95 Å². The maximum atomic E-state index is 10.5. The first kappa shape index (κ1) is 22.0. The number of aliphatic hydroxyl groups excluding tert-OH is 1. The zero-order valence-corrected chi connectivity index (χ0v) is 17.7. The van der Waals surface area contributed by atoms with Crippen molar-refractivity contribution < 1.29 is 9.84 Å². The van der Waals surface area contributed by atoms with E-state index in [1.165, 1.54) is 0 Å². The van der Waals surface area contributed by atoms with Gasteiger partial charge in [0.25, 0.3) is 0 Å². The van der Waals surface area contributed by atoms with Crippen molar-refractivity contribution >= 4 is 12.7 Å². The number of anilines is 1. The number of ether oxygens (including phenoxy) is 1. The largest absolute Gasteiger partial charge is 0.497 e. The van der Waals surface area contributed by atoms with Crippen LogP contribution in [-0.2, 0) is 0 Å². The Balaban J connectivity index is 0.000000478. The Morgan fingerprint density at radius 1 is 1.23 bits per heavy atom. The van der Waals surface area contributed by atoms with Gasteiger partial charge in [-0.1, -0.05) is 12.1 Å². The monoisotopic (exact) mass is 421 g/mol. The van der Waals surface area contributed by atoms with E-state index in [4.69, 9.17) is 4.74 Å². The lowest BCUT2D eigenvalue weighted by molar-refractivity contribution is 0.219. The number of hydrogen-bond donors (Lipinski definition) is 3. The van der Waals surface area contributed by atoms with Crippen LogP contribution in [0.2, 0.25) is 0 Å². The van der Waals surface area contributed by atoms with Crippen molar-refractivity contribution in [3.8, 4) is 5.75 Å². The van der Waals surface area contributed by atoms with Crippen LogP contribution in [0.15, 0.2) is 71.5 Å². The van der Waals surface area contributed by atoms with Gasteiger partial charge in [0.1, 0.15) is 11.9 Å². The lowest BCUT2D eigenvalue weighted by atomic mass is 10.0. The molecule has 0 saturated heterocycles. The average molecular weight is 422 g/mol. The van der Waals surface area contributed by atoms with Gasteiger partial charge in [-0.2, -0.15) is 5.10 Å². The minimum absolute atomic E-state index is 0.611. The van der Waals surface area contributed by atoms with E-state index in [0.717, 1.165) is 35.7 Å². The Bertz CT molecular complexity index is 953. The molecule has 0 amide bonds.